The molecule has 0 unspecified atom stereocenters. The van der Waals surface area contributed by atoms with E-state index < -0.39 is 0 Å². The van der Waals surface area contributed by atoms with Gasteiger partial charge in [0.05, 0.1) is 0 Å². The van der Waals surface area contributed by atoms with Gasteiger partial charge in [-0.3, -0.25) is 0 Å². The molecule has 102 valence electrons. The van der Waals surface area contributed by atoms with Crippen LogP contribution in [0.4, 0.5) is 0 Å². The average Bonchev–Trinajstić information content (AvgIpc) is 2.28. The van der Waals surface area contributed by atoms with Crippen molar-refractivity contribution in [3.8, 4) is 0 Å². The summed E-state index contributed by atoms with van der Waals surface area (Å²) >= 11 is 0. The van der Waals surface area contributed by atoms with Crippen LogP contribution in [0.1, 0.15) is 94.9 Å². The van der Waals surface area contributed by atoms with Gasteiger partial charge in [-0.1, -0.05) is 67.0 Å². The van der Waals surface area contributed by atoms with E-state index in [1.807, 2.05) is 0 Å². The van der Waals surface area contributed by atoms with Crippen molar-refractivity contribution in [2.75, 3.05) is 0 Å². The molecule has 0 saturated heterocycles. The quantitative estimate of drug-likeness (QED) is 0.597. The third kappa shape index (κ3) is 3.37. The normalized spacial score (nSPS) is 11.9. The van der Waals surface area contributed by atoms with E-state index in [1.54, 1.807) is 16.7 Å². The van der Waals surface area contributed by atoms with Crippen molar-refractivity contribution < 1.29 is 0 Å². The van der Waals surface area contributed by atoms with Gasteiger partial charge in [-0.15, -0.1) is 0 Å². The monoisotopic (exact) mass is 246 g/mol. The molecule has 0 atom stereocenters. The first-order valence-electron chi connectivity index (χ1n) is 7.55. The largest absolute Gasteiger partial charge is 0.0651 e. The molecular formula is C18H30. The molecule has 1 rings (SSSR count). The number of hydrogen-bond acceptors (Lipinski definition) is 0. The molecule has 0 radical (unpaired) electrons. The van der Waals surface area contributed by atoms with Crippen LogP contribution in [0.25, 0.3) is 0 Å². The lowest BCUT2D eigenvalue weighted by atomic mass is 9.83. The molecule has 0 amide bonds. The number of hydrogen-bond donors (Lipinski definition) is 0. The summed E-state index contributed by atoms with van der Waals surface area (Å²) in [6.45, 7) is 16.2. The summed E-state index contributed by atoms with van der Waals surface area (Å²) in [5.74, 6) is 1.88. The van der Waals surface area contributed by atoms with E-state index in [2.05, 4.69) is 60.6 Å². The minimum Gasteiger partial charge on any atom is -0.0651 e. The zero-order valence-electron chi connectivity index (χ0n) is 13.3. The molecule has 0 fully saturated rings. The Morgan fingerprint density at radius 1 is 0.778 bits per heavy atom. The molecule has 1 aromatic carbocycles. The second-order valence-electron chi connectivity index (χ2n) is 6.39. The van der Waals surface area contributed by atoms with Crippen LogP contribution < -0.4 is 0 Å². The summed E-state index contributed by atoms with van der Waals surface area (Å²) < 4.78 is 0. The van der Waals surface area contributed by atoms with Crippen molar-refractivity contribution in [2.45, 2.75) is 79.1 Å². The van der Waals surface area contributed by atoms with Crippen molar-refractivity contribution in [3.05, 3.63) is 34.4 Å². The Bertz CT molecular complexity index is 354. The van der Waals surface area contributed by atoms with E-state index in [-0.39, 0.29) is 0 Å². The predicted octanol–water partition coefficient (Wildman–Crippen LogP) is 6.01. The summed E-state index contributed by atoms with van der Waals surface area (Å²) in [7, 11) is 0. The Kier molecular flexibility index (Phi) is 5.44. The zero-order chi connectivity index (χ0) is 13.9. The Balaban J connectivity index is 3.44. The van der Waals surface area contributed by atoms with Crippen molar-refractivity contribution in [3.63, 3.8) is 0 Å². The Morgan fingerprint density at radius 3 is 1.50 bits per heavy atom. The first-order valence-corrected chi connectivity index (χ1v) is 7.55. The Labute approximate surface area is 114 Å². The van der Waals surface area contributed by atoms with Crippen molar-refractivity contribution >= 4 is 0 Å². The summed E-state index contributed by atoms with van der Waals surface area (Å²) in [4.78, 5) is 0. The lowest BCUT2D eigenvalue weighted by molar-refractivity contribution is 0.762. The molecule has 0 spiro atoms. The highest BCUT2D eigenvalue weighted by atomic mass is 14.2. The lowest BCUT2D eigenvalue weighted by Gasteiger charge is -2.22. The molecule has 18 heavy (non-hydrogen) atoms. The maximum atomic E-state index is 2.45. The SMILES string of the molecule is CCCc1c(C(C)C)cc(C(C)C)cc1C(C)C. The van der Waals surface area contributed by atoms with Crippen LogP contribution >= 0.6 is 0 Å². The van der Waals surface area contributed by atoms with Gasteiger partial charge in [0.15, 0.2) is 0 Å². The lowest BCUT2D eigenvalue weighted by Crippen LogP contribution is -2.06. The van der Waals surface area contributed by atoms with Crippen molar-refractivity contribution in [2.24, 2.45) is 0 Å². The van der Waals surface area contributed by atoms with Gasteiger partial charge in [0, 0.05) is 0 Å². The van der Waals surface area contributed by atoms with Crippen LogP contribution in [0, 0.1) is 0 Å². The smallest absolute Gasteiger partial charge is 0.0216 e. The maximum absolute atomic E-state index is 2.45. The Hall–Kier alpha value is -0.780. The van der Waals surface area contributed by atoms with E-state index in [0.717, 1.165) is 0 Å². The summed E-state index contributed by atoms with van der Waals surface area (Å²) in [5, 5.41) is 0. The first-order chi connectivity index (χ1) is 8.38. The van der Waals surface area contributed by atoms with Crippen LogP contribution in [-0.4, -0.2) is 0 Å². The second kappa shape index (κ2) is 6.41. The molecule has 0 aliphatic carbocycles. The summed E-state index contributed by atoms with van der Waals surface area (Å²) in [6, 6.07) is 4.90. The van der Waals surface area contributed by atoms with E-state index in [1.165, 1.54) is 18.4 Å². The van der Waals surface area contributed by atoms with Gasteiger partial charge in [0.2, 0.25) is 0 Å². The molecule has 0 heterocycles. The molecule has 0 aromatic heterocycles. The molecule has 0 nitrogen and oxygen atoms in total. The van der Waals surface area contributed by atoms with Crippen LogP contribution in [0.15, 0.2) is 12.1 Å². The highest BCUT2D eigenvalue weighted by molar-refractivity contribution is 5.43. The van der Waals surface area contributed by atoms with Gasteiger partial charge in [0.1, 0.15) is 0 Å². The zero-order valence-corrected chi connectivity index (χ0v) is 13.3. The van der Waals surface area contributed by atoms with Crippen LogP contribution in [-0.2, 0) is 6.42 Å². The van der Waals surface area contributed by atoms with Crippen molar-refractivity contribution in [1.29, 1.82) is 0 Å². The van der Waals surface area contributed by atoms with Crippen molar-refractivity contribution in [1.82, 2.24) is 0 Å². The molecule has 1 aromatic rings. The predicted molar refractivity (Wildman–Crippen MR) is 82.7 cm³/mol. The maximum Gasteiger partial charge on any atom is -0.0216 e. The topological polar surface area (TPSA) is 0 Å². The van der Waals surface area contributed by atoms with E-state index >= 15 is 0 Å². The summed E-state index contributed by atoms with van der Waals surface area (Å²) in [5.41, 5.74) is 6.27. The van der Waals surface area contributed by atoms with Gasteiger partial charge in [-0.05, 0) is 46.4 Å². The minimum atomic E-state index is 0.621. The van der Waals surface area contributed by atoms with Gasteiger partial charge in [-0.25, -0.2) is 0 Å². The molecule has 0 bridgehead atoms. The number of benzene rings is 1. The third-order valence-electron chi connectivity index (χ3n) is 3.75. The fourth-order valence-corrected chi connectivity index (χ4v) is 2.64. The molecule has 0 N–H and O–H groups in total. The fourth-order valence-electron chi connectivity index (χ4n) is 2.64. The van der Waals surface area contributed by atoms with Gasteiger partial charge < -0.3 is 0 Å². The fraction of sp³-hybridized carbons (Fsp3) is 0.667. The van der Waals surface area contributed by atoms with Gasteiger partial charge in [-0.2, -0.15) is 0 Å². The van der Waals surface area contributed by atoms with Gasteiger partial charge >= 0.3 is 0 Å². The van der Waals surface area contributed by atoms with Crippen LogP contribution in [0.5, 0.6) is 0 Å². The van der Waals surface area contributed by atoms with E-state index in [9.17, 15) is 0 Å². The second-order valence-corrected chi connectivity index (χ2v) is 6.39. The van der Waals surface area contributed by atoms with E-state index in [4.69, 9.17) is 0 Å². The molecule has 0 heteroatoms. The van der Waals surface area contributed by atoms with Crippen LogP contribution in [0.3, 0.4) is 0 Å². The minimum absolute atomic E-state index is 0.621. The third-order valence-corrected chi connectivity index (χ3v) is 3.75. The molecular weight excluding hydrogens is 216 g/mol. The molecule has 0 saturated carbocycles. The molecule has 0 aliphatic heterocycles. The standard InChI is InChI=1S/C18H30/c1-8-9-16-17(13(4)5)10-15(12(2)3)11-18(16)14(6)7/h10-14H,8-9H2,1-7H3. The highest BCUT2D eigenvalue weighted by Crippen LogP contribution is 2.32. The van der Waals surface area contributed by atoms with Crippen LogP contribution in [0.2, 0.25) is 0 Å². The molecule has 0 aliphatic rings. The Morgan fingerprint density at radius 2 is 1.22 bits per heavy atom. The van der Waals surface area contributed by atoms with E-state index in [0.29, 0.717) is 17.8 Å². The highest BCUT2D eigenvalue weighted by Gasteiger charge is 2.16. The average molecular weight is 246 g/mol. The first kappa shape index (κ1) is 15.3. The van der Waals surface area contributed by atoms with Gasteiger partial charge in [0.25, 0.3) is 0 Å². The summed E-state index contributed by atoms with van der Waals surface area (Å²) in [6.07, 6.45) is 2.46. The number of rotatable bonds is 5.